The number of pyridine rings is 2. The van der Waals surface area contributed by atoms with E-state index in [0.717, 1.165) is 17.8 Å². The molecule has 6 nitrogen and oxygen atoms in total. The molecule has 3 heterocycles. The second-order valence-electron chi connectivity index (χ2n) is 6.80. The average Bonchev–Trinajstić information content (AvgIpc) is 2.69. The first kappa shape index (κ1) is 20.5. The number of anilines is 2. The van der Waals surface area contributed by atoms with Crippen molar-refractivity contribution in [3.63, 3.8) is 0 Å². The van der Waals surface area contributed by atoms with Crippen molar-refractivity contribution in [3.05, 3.63) is 53.1 Å². The van der Waals surface area contributed by atoms with E-state index in [9.17, 15) is 18.0 Å². The molecule has 0 unspecified atom stereocenters. The fraction of sp³-hybridized carbons (Fsp3) is 0.368. The standard InChI is InChI=1S/C19H17F4N5O/c1-12-3-4-15(25-10-12)27-17(29)18(20)5-7-28(8-6-18)13-9-14(19(21,22)23)16(24-2)26-11-13/h3-4,9-11H,5-8H2,1H3,(H,25,27,29). The van der Waals surface area contributed by atoms with Crippen molar-refractivity contribution >= 4 is 23.2 Å². The summed E-state index contributed by atoms with van der Waals surface area (Å²) in [6, 6.07) is 4.13. The van der Waals surface area contributed by atoms with E-state index in [0.29, 0.717) is 0 Å². The van der Waals surface area contributed by atoms with Crippen LogP contribution < -0.4 is 10.2 Å². The van der Waals surface area contributed by atoms with E-state index in [2.05, 4.69) is 20.1 Å². The zero-order valence-electron chi connectivity index (χ0n) is 15.4. The lowest BCUT2D eigenvalue weighted by atomic mass is 9.92. The van der Waals surface area contributed by atoms with Crippen LogP contribution in [0.5, 0.6) is 0 Å². The van der Waals surface area contributed by atoms with Crippen molar-refractivity contribution < 1.29 is 22.4 Å². The number of carbonyl (C=O) groups excluding carboxylic acids is 1. The maximum absolute atomic E-state index is 15.1. The van der Waals surface area contributed by atoms with Crippen molar-refractivity contribution in [2.45, 2.75) is 31.6 Å². The number of hydrogen-bond acceptors (Lipinski definition) is 4. The molecule has 1 amide bonds. The van der Waals surface area contributed by atoms with Crippen LogP contribution >= 0.6 is 0 Å². The lowest BCUT2D eigenvalue weighted by Gasteiger charge is -2.36. The number of alkyl halides is 4. The van der Waals surface area contributed by atoms with Gasteiger partial charge in [-0.25, -0.2) is 9.37 Å². The van der Waals surface area contributed by atoms with Gasteiger partial charge in [-0.05, 0) is 24.6 Å². The number of halogens is 4. The Morgan fingerprint density at radius 1 is 1.24 bits per heavy atom. The average molecular weight is 407 g/mol. The van der Waals surface area contributed by atoms with Gasteiger partial charge in [0.05, 0.1) is 11.3 Å². The van der Waals surface area contributed by atoms with Gasteiger partial charge in [0, 0.05) is 32.1 Å². The Balaban J connectivity index is 1.70. The molecule has 29 heavy (non-hydrogen) atoms. The molecule has 1 aliphatic rings. The van der Waals surface area contributed by atoms with Gasteiger partial charge in [0.2, 0.25) is 0 Å². The molecule has 3 rings (SSSR count). The molecule has 1 saturated heterocycles. The number of aromatic nitrogens is 2. The number of hydrogen-bond donors (Lipinski definition) is 1. The zero-order valence-corrected chi connectivity index (χ0v) is 15.4. The van der Waals surface area contributed by atoms with Crippen LogP contribution in [-0.2, 0) is 11.0 Å². The van der Waals surface area contributed by atoms with Crippen molar-refractivity contribution in [3.8, 4) is 0 Å². The normalized spacial score (nSPS) is 16.2. The molecule has 0 aliphatic carbocycles. The Labute approximate surface area is 164 Å². The van der Waals surface area contributed by atoms with Gasteiger partial charge in [-0.3, -0.25) is 4.79 Å². The quantitative estimate of drug-likeness (QED) is 0.609. The second-order valence-corrected chi connectivity index (χ2v) is 6.80. The predicted molar refractivity (Wildman–Crippen MR) is 98.4 cm³/mol. The van der Waals surface area contributed by atoms with E-state index >= 15 is 4.39 Å². The number of carbonyl (C=O) groups is 1. The number of aryl methyl sites for hydroxylation is 1. The third kappa shape index (κ3) is 4.45. The van der Waals surface area contributed by atoms with Gasteiger partial charge in [0.15, 0.2) is 5.67 Å². The topological polar surface area (TPSA) is 62.5 Å². The molecule has 2 aromatic rings. The molecule has 0 radical (unpaired) electrons. The van der Waals surface area contributed by atoms with E-state index in [1.54, 1.807) is 18.3 Å². The second kappa shape index (κ2) is 7.66. The molecule has 1 fully saturated rings. The van der Waals surface area contributed by atoms with Crippen LogP contribution in [0, 0.1) is 13.5 Å². The smallest absolute Gasteiger partial charge is 0.368 e. The lowest BCUT2D eigenvalue weighted by Crippen LogP contribution is -2.49. The maximum Gasteiger partial charge on any atom is 0.409 e. The summed E-state index contributed by atoms with van der Waals surface area (Å²) in [5.41, 5.74) is -2.26. The highest BCUT2D eigenvalue weighted by molar-refractivity contribution is 5.96. The van der Waals surface area contributed by atoms with Gasteiger partial charge < -0.3 is 15.1 Å². The Kier molecular flexibility index (Phi) is 5.42. The van der Waals surface area contributed by atoms with E-state index in [1.807, 2.05) is 6.92 Å². The lowest BCUT2D eigenvalue weighted by molar-refractivity contribution is -0.137. The van der Waals surface area contributed by atoms with Crippen LogP contribution in [0.4, 0.5) is 34.9 Å². The third-order valence-corrected chi connectivity index (χ3v) is 4.74. The van der Waals surface area contributed by atoms with E-state index in [1.165, 1.54) is 4.90 Å². The number of nitrogens with one attached hydrogen (secondary N) is 1. The van der Waals surface area contributed by atoms with Crippen LogP contribution in [0.1, 0.15) is 24.0 Å². The van der Waals surface area contributed by atoms with Gasteiger partial charge in [0.1, 0.15) is 12.0 Å². The van der Waals surface area contributed by atoms with Crippen LogP contribution in [0.15, 0.2) is 30.6 Å². The molecule has 1 N–H and O–H groups in total. The Morgan fingerprint density at radius 2 is 1.93 bits per heavy atom. The summed E-state index contributed by atoms with van der Waals surface area (Å²) in [5, 5.41) is 2.44. The Hall–Kier alpha value is -3.22. The summed E-state index contributed by atoms with van der Waals surface area (Å²) < 4.78 is 54.5. The van der Waals surface area contributed by atoms with Crippen molar-refractivity contribution in [2.24, 2.45) is 0 Å². The fourth-order valence-corrected chi connectivity index (χ4v) is 3.03. The molecule has 10 heteroatoms. The summed E-state index contributed by atoms with van der Waals surface area (Å²) in [4.78, 5) is 24.2. The monoisotopic (exact) mass is 407 g/mol. The van der Waals surface area contributed by atoms with Crippen molar-refractivity contribution in [1.82, 2.24) is 9.97 Å². The third-order valence-electron chi connectivity index (χ3n) is 4.74. The predicted octanol–water partition coefficient (Wildman–Crippen LogP) is 4.30. The number of amides is 1. The molecule has 0 spiro atoms. The highest BCUT2D eigenvalue weighted by atomic mass is 19.4. The first-order valence-corrected chi connectivity index (χ1v) is 8.75. The fourth-order valence-electron chi connectivity index (χ4n) is 3.03. The SMILES string of the molecule is [C-]#[N+]c1ncc(N2CCC(F)(C(=O)Nc3ccc(C)cn3)CC2)cc1C(F)(F)F. The summed E-state index contributed by atoms with van der Waals surface area (Å²) in [6.45, 7) is 8.72. The maximum atomic E-state index is 15.1. The minimum Gasteiger partial charge on any atom is -0.368 e. The minimum absolute atomic E-state index is 0.0294. The van der Waals surface area contributed by atoms with Crippen LogP contribution in [0.25, 0.3) is 4.85 Å². The van der Waals surface area contributed by atoms with Gasteiger partial charge in [-0.2, -0.15) is 13.2 Å². The highest BCUT2D eigenvalue weighted by Gasteiger charge is 2.42. The van der Waals surface area contributed by atoms with Crippen molar-refractivity contribution in [2.75, 3.05) is 23.3 Å². The Bertz CT molecular complexity index is 945. The van der Waals surface area contributed by atoms with Crippen molar-refractivity contribution in [1.29, 1.82) is 0 Å². The molecule has 0 atom stereocenters. The highest BCUT2D eigenvalue weighted by Crippen LogP contribution is 2.38. The molecular weight excluding hydrogens is 390 g/mol. The summed E-state index contributed by atoms with van der Waals surface area (Å²) in [7, 11) is 0. The van der Waals surface area contributed by atoms with Gasteiger partial charge in [-0.15, -0.1) is 4.98 Å². The van der Waals surface area contributed by atoms with E-state index in [4.69, 9.17) is 6.57 Å². The van der Waals surface area contributed by atoms with Crippen LogP contribution in [0.3, 0.4) is 0 Å². The van der Waals surface area contributed by atoms with Gasteiger partial charge in [-0.1, -0.05) is 12.6 Å². The Morgan fingerprint density at radius 3 is 2.48 bits per heavy atom. The van der Waals surface area contributed by atoms with Gasteiger partial charge in [0.25, 0.3) is 11.7 Å². The van der Waals surface area contributed by atoms with Crippen LogP contribution in [0.2, 0.25) is 0 Å². The largest absolute Gasteiger partial charge is 0.409 e. The summed E-state index contributed by atoms with van der Waals surface area (Å²) in [5.74, 6) is -1.33. The molecule has 0 bridgehead atoms. The zero-order chi connectivity index (χ0) is 21.2. The number of nitrogens with zero attached hydrogens (tertiary/aromatic N) is 4. The minimum atomic E-state index is -4.72. The molecule has 152 valence electrons. The summed E-state index contributed by atoms with van der Waals surface area (Å²) in [6.07, 6.45) is -2.41. The molecule has 0 aromatic carbocycles. The number of piperidine rings is 1. The van der Waals surface area contributed by atoms with E-state index < -0.39 is 29.1 Å². The first-order valence-electron chi connectivity index (χ1n) is 8.75. The van der Waals surface area contributed by atoms with Gasteiger partial charge >= 0.3 is 6.18 Å². The molecular formula is C19H17F4N5O. The molecule has 2 aromatic heterocycles. The first-order chi connectivity index (χ1) is 13.6. The summed E-state index contributed by atoms with van der Waals surface area (Å²) >= 11 is 0. The van der Waals surface area contributed by atoms with Crippen LogP contribution in [-0.4, -0.2) is 34.6 Å². The molecule has 0 saturated carbocycles. The van der Waals surface area contributed by atoms with E-state index in [-0.39, 0.29) is 37.4 Å². The molecule has 1 aliphatic heterocycles. The number of rotatable bonds is 3.